The zero-order valence-electron chi connectivity index (χ0n) is 20.2. The van der Waals surface area contributed by atoms with Gasteiger partial charge in [-0.3, -0.25) is 4.79 Å². The predicted octanol–water partition coefficient (Wildman–Crippen LogP) is 5.50. The normalized spacial score (nSPS) is 50.3. The molecule has 0 radical (unpaired) electrons. The molecule has 4 aliphatic rings. The van der Waals surface area contributed by atoms with Gasteiger partial charge in [-0.2, -0.15) is 0 Å². The Kier molecular flexibility index (Phi) is 6.55. The first-order valence-corrected chi connectivity index (χ1v) is 13.2. The highest BCUT2D eigenvalue weighted by molar-refractivity contribution is 5.69. The van der Waals surface area contributed by atoms with Crippen LogP contribution in [0.4, 0.5) is 0 Å². The second-order valence-corrected chi connectivity index (χ2v) is 12.4. The summed E-state index contributed by atoms with van der Waals surface area (Å²) < 4.78 is 0. The van der Waals surface area contributed by atoms with Gasteiger partial charge in [0.15, 0.2) is 0 Å². The average Bonchev–Trinajstić information content (AvgIpc) is 3.06. The molecule has 4 unspecified atom stereocenters. The van der Waals surface area contributed by atoms with Crippen LogP contribution in [0.5, 0.6) is 0 Å². The van der Waals surface area contributed by atoms with Gasteiger partial charge in [-0.05, 0) is 104 Å². The van der Waals surface area contributed by atoms with E-state index in [9.17, 15) is 20.1 Å². The highest BCUT2D eigenvalue weighted by Crippen LogP contribution is 2.69. The molecule has 0 spiro atoms. The Balaban J connectivity index is 1.53. The fourth-order valence-electron chi connectivity index (χ4n) is 9.33. The molecule has 0 aromatic carbocycles. The van der Waals surface area contributed by atoms with E-state index in [-0.39, 0.29) is 23.5 Å². The van der Waals surface area contributed by atoms with Crippen LogP contribution < -0.4 is 0 Å². The van der Waals surface area contributed by atoms with Gasteiger partial charge in [-0.15, -0.1) is 0 Å². The van der Waals surface area contributed by atoms with Gasteiger partial charge in [0.1, 0.15) is 0 Å². The number of carboxylic acids is 1. The van der Waals surface area contributed by atoms with E-state index in [1.54, 1.807) is 0 Å². The molecule has 4 heteroatoms. The van der Waals surface area contributed by atoms with Gasteiger partial charge in [0.05, 0.1) is 18.1 Å². The van der Waals surface area contributed by atoms with E-state index in [2.05, 4.69) is 20.8 Å². The van der Waals surface area contributed by atoms with E-state index in [1.165, 1.54) is 25.7 Å². The van der Waals surface area contributed by atoms with Crippen molar-refractivity contribution in [1.29, 1.82) is 0 Å². The third-order valence-corrected chi connectivity index (χ3v) is 11.2. The van der Waals surface area contributed by atoms with Gasteiger partial charge in [-0.25, -0.2) is 0 Å². The maximum Gasteiger partial charge on any atom is 0.306 e. The summed E-state index contributed by atoms with van der Waals surface area (Å²) >= 11 is 0. The lowest BCUT2D eigenvalue weighted by molar-refractivity contribution is -0.202. The van der Waals surface area contributed by atoms with Crippen LogP contribution in [0.2, 0.25) is 0 Å². The topological polar surface area (TPSA) is 77.8 Å². The van der Waals surface area contributed by atoms with Crippen LogP contribution in [0.15, 0.2) is 0 Å². The van der Waals surface area contributed by atoms with Gasteiger partial charge in [-0.1, -0.05) is 40.5 Å². The molecule has 0 saturated heterocycles. The Morgan fingerprint density at radius 2 is 1.68 bits per heavy atom. The molecular weight excluding hydrogens is 388 g/mol. The summed E-state index contributed by atoms with van der Waals surface area (Å²) in [7, 11) is 0. The maximum atomic E-state index is 11.7. The predicted molar refractivity (Wildman–Crippen MR) is 122 cm³/mol. The van der Waals surface area contributed by atoms with Crippen molar-refractivity contribution >= 4 is 5.97 Å². The molecule has 0 amide bonds. The van der Waals surface area contributed by atoms with Crippen LogP contribution in [0.25, 0.3) is 0 Å². The Bertz CT molecular complexity index is 664. The van der Waals surface area contributed by atoms with Crippen molar-refractivity contribution in [2.24, 2.45) is 52.3 Å². The molecule has 4 fully saturated rings. The van der Waals surface area contributed by atoms with Gasteiger partial charge >= 0.3 is 5.97 Å². The number of fused-ring (bicyclic) bond motifs is 5. The summed E-state index contributed by atoms with van der Waals surface area (Å²) in [6, 6.07) is 0. The summed E-state index contributed by atoms with van der Waals surface area (Å²) in [6.07, 6.45) is 11.4. The van der Waals surface area contributed by atoms with E-state index in [4.69, 9.17) is 0 Å². The van der Waals surface area contributed by atoms with Crippen molar-refractivity contribution in [1.82, 2.24) is 0 Å². The van der Waals surface area contributed by atoms with Crippen LogP contribution in [-0.2, 0) is 4.79 Å². The molecule has 0 aromatic rings. The molecule has 178 valence electrons. The minimum Gasteiger partial charge on any atom is -0.481 e. The smallest absolute Gasteiger partial charge is 0.306 e. The number of carbonyl (C=O) groups is 1. The average molecular weight is 435 g/mol. The quantitative estimate of drug-likeness (QED) is 0.515. The lowest BCUT2D eigenvalue weighted by Crippen LogP contribution is -2.62. The van der Waals surface area contributed by atoms with Crippen molar-refractivity contribution in [2.45, 2.75) is 111 Å². The van der Waals surface area contributed by atoms with Gasteiger partial charge in [0.2, 0.25) is 0 Å². The lowest BCUT2D eigenvalue weighted by Gasteiger charge is -2.64. The third-order valence-electron chi connectivity index (χ3n) is 11.2. The first-order valence-electron chi connectivity index (χ1n) is 13.2. The zero-order valence-corrected chi connectivity index (χ0v) is 20.2. The summed E-state index contributed by atoms with van der Waals surface area (Å²) in [5.74, 6) is 2.12. The number of carboxylic acid groups (broad SMARTS) is 1. The number of aliphatic carboxylic acids is 1. The zero-order chi connectivity index (χ0) is 22.6. The molecule has 4 rings (SSSR count). The summed E-state index contributed by atoms with van der Waals surface area (Å²) in [5.41, 5.74) is 0.560. The molecule has 0 aromatic heterocycles. The third kappa shape index (κ3) is 3.78. The SMILES string of the molecule is CC[C@@H]1C2C[C@H](O)CC[C@]2(C)C2CC[C@@]3(C)C(CC[C@@H]3CCC[C@H](C)C(=O)O)C2[C@@H]1O. The Hall–Kier alpha value is -0.610. The molecule has 0 bridgehead atoms. The fraction of sp³-hybridized carbons (Fsp3) is 0.963. The second-order valence-electron chi connectivity index (χ2n) is 12.4. The molecule has 31 heavy (non-hydrogen) atoms. The van der Waals surface area contributed by atoms with Crippen molar-refractivity contribution in [3.05, 3.63) is 0 Å². The molecule has 4 aliphatic carbocycles. The number of aliphatic hydroxyl groups excluding tert-OH is 2. The van der Waals surface area contributed by atoms with Crippen LogP contribution in [0, 0.1) is 52.3 Å². The summed E-state index contributed by atoms with van der Waals surface area (Å²) in [5, 5.41) is 31.3. The molecule has 0 heterocycles. The highest BCUT2D eigenvalue weighted by atomic mass is 16.4. The molecule has 4 saturated carbocycles. The number of hydrogen-bond donors (Lipinski definition) is 3. The van der Waals surface area contributed by atoms with Gasteiger partial charge < -0.3 is 15.3 Å². The highest BCUT2D eigenvalue weighted by Gasteiger charge is 2.64. The van der Waals surface area contributed by atoms with Gasteiger partial charge in [0.25, 0.3) is 0 Å². The van der Waals surface area contributed by atoms with Crippen molar-refractivity contribution < 1.29 is 20.1 Å². The van der Waals surface area contributed by atoms with Crippen LogP contribution >= 0.6 is 0 Å². The van der Waals surface area contributed by atoms with Crippen LogP contribution in [-0.4, -0.2) is 33.5 Å². The van der Waals surface area contributed by atoms with Crippen molar-refractivity contribution in [2.75, 3.05) is 0 Å². The largest absolute Gasteiger partial charge is 0.481 e. The standard InChI is InChI=1S/C27H46O4/c1-5-19-22-15-18(28)11-13-27(22,4)21-12-14-26(3)17(8-6-7-16(2)25(30)31)9-10-20(26)23(21)24(19)29/h16-24,28-29H,5-15H2,1-4H3,(H,30,31)/t16-,17-,18+,19+,20?,21?,22?,23?,24+,26+,27+/m0/s1. The molecule has 0 aliphatic heterocycles. The van der Waals surface area contributed by atoms with E-state index in [1.807, 2.05) is 6.92 Å². The van der Waals surface area contributed by atoms with E-state index in [0.717, 1.165) is 44.9 Å². The lowest BCUT2D eigenvalue weighted by atomic mass is 9.41. The molecule has 4 nitrogen and oxygen atoms in total. The van der Waals surface area contributed by atoms with E-state index < -0.39 is 5.97 Å². The van der Waals surface area contributed by atoms with E-state index in [0.29, 0.717) is 40.9 Å². The van der Waals surface area contributed by atoms with Crippen molar-refractivity contribution in [3.8, 4) is 0 Å². The van der Waals surface area contributed by atoms with Crippen LogP contribution in [0.1, 0.15) is 98.3 Å². The number of aliphatic hydroxyl groups is 2. The summed E-state index contributed by atoms with van der Waals surface area (Å²) in [4.78, 5) is 11.2. The number of rotatable bonds is 6. The maximum absolute atomic E-state index is 11.7. The molecular formula is C27H46O4. The first-order chi connectivity index (χ1) is 14.6. The monoisotopic (exact) mass is 434 g/mol. The van der Waals surface area contributed by atoms with E-state index >= 15 is 0 Å². The van der Waals surface area contributed by atoms with Crippen molar-refractivity contribution in [3.63, 3.8) is 0 Å². The molecule has 3 N–H and O–H groups in total. The van der Waals surface area contributed by atoms with Gasteiger partial charge in [0, 0.05) is 0 Å². The minimum absolute atomic E-state index is 0.186. The summed E-state index contributed by atoms with van der Waals surface area (Å²) in [6.45, 7) is 9.06. The fourth-order valence-corrected chi connectivity index (χ4v) is 9.33. The van der Waals surface area contributed by atoms with Crippen LogP contribution in [0.3, 0.4) is 0 Å². The number of hydrogen-bond acceptors (Lipinski definition) is 3. The molecule has 11 atom stereocenters. The Morgan fingerprint density at radius 3 is 2.35 bits per heavy atom. The second kappa shape index (κ2) is 8.63. The Labute approximate surface area is 189 Å². The minimum atomic E-state index is -0.674. The first kappa shape index (κ1) is 23.5. The Morgan fingerprint density at radius 1 is 1.00 bits per heavy atom.